The smallest absolute Gasteiger partial charge is 0.131 e. The van der Waals surface area contributed by atoms with E-state index in [9.17, 15) is 5.11 Å². The number of allylic oxidation sites excluding steroid dienone is 1. The van der Waals surface area contributed by atoms with Gasteiger partial charge in [0.25, 0.3) is 0 Å². The molecular formula is C24H37NO3. The maximum atomic E-state index is 9.82. The molecule has 0 amide bonds. The number of aryl methyl sites for hydroxylation is 1. The molecule has 0 bridgehead atoms. The van der Waals surface area contributed by atoms with Crippen LogP contribution < -0.4 is 9.47 Å². The van der Waals surface area contributed by atoms with Gasteiger partial charge in [-0.1, -0.05) is 44.6 Å². The van der Waals surface area contributed by atoms with E-state index in [-0.39, 0.29) is 6.10 Å². The minimum Gasteiger partial charge on any atom is -0.497 e. The minimum absolute atomic E-state index is 0.147. The van der Waals surface area contributed by atoms with Crippen molar-refractivity contribution in [2.75, 3.05) is 14.2 Å². The molecule has 1 aromatic heterocycles. The maximum absolute atomic E-state index is 9.82. The first-order valence-electron chi connectivity index (χ1n) is 10.7. The average molecular weight is 388 g/mol. The minimum atomic E-state index is -0.147. The van der Waals surface area contributed by atoms with Gasteiger partial charge in [-0.3, -0.25) is 0 Å². The molecule has 0 aliphatic carbocycles. The van der Waals surface area contributed by atoms with E-state index in [1.165, 1.54) is 44.0 Å². The highest BCUT2D eigenvalue weighted by Gasteiger charge is 2.09. The molecule has 1 atom stereocenters. The molecule has 0 spiro atoms. The Labute approximate surface area is 170 Å². The molecule has 28 heavy (non-hydrogen) atoms. The van der Waals surface area contributed by atoms with E-state index < -0.39 is 0 Å². The first-order valence-corrected chi connectivity index (χ1v) is 10.7. The van der Waals surface area contributed by atoms with Crippen molar-refractivity contribution in [3.63, 3.8) is 0 Å². The fraction of sp³-hybridized carbons (Fsp3) is 0.583. The molecule has 0 saturated carbocycles. The molecule has 1 unspecified atom stereocenters. The van der Waals surface area contributed by atoms with Gasteiger partial charge in [0.2, 0.25) is 0 Å². The van der Waals surface area contributed by atoms with Gasteiger partial charge in [-0.2, -0.15) is 0 Å². The predicted octanol–water partition coefficient (Wildman–Crippen LogP) is 6.11. The zero-order valence-electron chi connectivity index (χ0n) is 17.7. The predicted molar refractivity (Wildman–Crippen MR) is 117 cm³/mol. The van der Waals surface area contributed by atoms with Crippen molar-refractivity contribution in [1.29, 1.82) is 0 Å². The topological polar surface area (TPSA) is 43.6 Å². The number of aliphatic hydroxyl groups excluding tert-OH is 1. The van der Waals surface area contributed by atoms with E-state index in [0.717, 1.165) is 49.1 Å². The second kappa shape index (κ2) is 12.5. The number of unbranched alkanes of at least 4 members (excludes halogenated alkanes) is 6. The molecule has 156 valence electrons. The van der Waals surface area contributed by atoms with E-state index in [2.05, 4.69) is 29.5 Å². The monoisotopic (exact) mass is 387 g/mol. The van der Waals surface area contributed by atoms with Crippen LogP contribution in [0.1, 0.15) is 64.2 Å². The van der Waals surface area contributed by atoms with Gasteiger partial charge in [0.15, 0.2) is 0 Å². The van der Waals surface area contributed by atoms with E-state index in [4.69, 9.17) is 9.47 Å². The Bertz CT molecular complexity index is 707. The van der Waals surface area contributed by atoms with Crippen LogP contribution in [0.25, 0.3) is 10.9 Å². The molecule has 2 rings (SSSR count). The zero-order valence-corrected chi connectivity index (χ0v) is 17.7. The third-order valence-corrected chi connectivity index (χ3v) is 5.42. The first-order chi connectivity index (χ1) is 13.7. The summed E-state index contributed by atoms with van der Waals surface area (Å²) in [6.45, 7) is 4.72. The van der Waals surface area contributed by atoms with Crippen molar-refractivity contribution in [3.05, 3.63) is 37.1 Å². The quantitative estimate of drug-likeness (QED) is 0.296. The molecule has 1 heterocycles. The number of methoxy groups -OCH3 is 2. The summed E-state index contributed by atoms with van der Waals surface area (Å²) in [6.07, 6.45) is 15.2. The van der Waals surface area contributed by atoms with E-state index in [1.807, 2.05) is 12.1 Å². The average Bonchev–Trinajstić information content (AvgIpc) is 3.13. The van der Waals surface area contributed by atoms with Crippen LogP contribution in [0.5, 0.6) is 11.5 Å². The van der Waals surface area contributed by atoms with Crippen LogP contribution in [0, 0.1) is 0 Å². The highest BCUT2D eigenvalue weighted by molar-refractivity contribution is 5.88. The Hall–Kier alpha value is -1.94. The number of hydrogen-bond acceptors (Lipinski definition) is 3. The summed E-state index contributed by atoms with van der Waals surface area (Å²) >= 11 is 0. The van der Waals surface area contributed by atoms with Crippen molar-refractivity contribution in [2.24, 2.45) is 0 Å². The number of hydrogen-bond donors (Lipinski definition) is 1. The molecule has 0 aliphatic rings. The third-order valence-electron chi connectivity index (χ3n) is 5.42. The summed E-state index contributed by atoms with van der Waals surface area (Å²) < 4.78 is 13.2. The molecule has 1 aromatic carbocycles. The van der Waals surface area contributed by atoms with E-state index in [1.54, 1.807) is 14.2 Å². The normalized spacial score (nSPS) is 12.2. The highest BCUT2D eigenvalue weighted by Crippen LogP contribution is 2.32. The number of nitrogens with zero attached hydrogens (tertiary/aromatic N) is 1. The number of benzene rings is 1. The Morgan fingerprint density at radius 3 is 2.39 bits per heavy atom. The highest BCUT2D eigenvalue weighted by atomic mass is 16.5. The molecule has 0 fully saturated rings. The molecular weight excluding hydrogens is 350 g/mol. The van der Waals surface area contributed by atoms with Crippen LogP contribution in [0.3, 0.4) is 0 Å². The van der Waals surface area contributed by atoms with Gasteiger partial charge in [-0.25, -0.2) is 0 Å². The molecule has 0 radical (unpaired) electrons. The summed E-state index contributed by atoms with van der Waals surface area (Å²) in [6, 6.07) is 6.14. The zero-order chi connectivity index (χ0) is 20.2. The van der Waals surface area contributed by atoms with Gasteiger partial charge in [0.1, 0.15) is 11.5 Å². The van der Waals surface area contributed by atoms with E-state index in [0.29, 0.717) is 0 Å². The van der Waals surface area contributed by atoms with Gasteiger partial charge in [0.05, 0.1) is 25.8 Å². The van der Waals surface area contributed by atoms with E-state index >= 15 is 0 Å². The van der Waals surface area contributed by atoms with Crippen LogP contribution in [-0.2, 0) is 6.54 Å². The second-order valence-electron chi connectivity index (χ2n) is 7.55. The molecule has 4 heteroatoms. The number of aromatic nitrogens is 1. The van der Waals surface area contributed by atoms with Gasteiger partial charge in [-0.05, 0) is 31.7 Å². The number of ether oxygens (including phenoxy) is 2. The summed E-state index contributed by atoms with van der Waals surface area (Å²) in [5, 5.41) is 11.0. The van der Waals surface area contributed by atoms with Crippen LogP contribution in [-0.4, -0.2) is 30.0 Å². The lowest BCUT2D eigenvalue weighted by atomic mass is 10.0. The molecule has 1 N–H and O–H groups in total. The number of fused-ring (bicyclic) bond motifs is 1. The maximum Gasteiger partial charge on any atom is 0.131 e. The van der Waals surface area contributed by atoms with Gasteiger partial charge >= 0.3 is 0 Å². The van der Waals surface area contributed by atoms with Gasteiger partial charge in [-0.15, -0.1) is 6.58 Å². The SMILES string of the molecule is C=CCCC(O)CCCCCCCCCn1ccc2c(OC)cc(OC)cc21. The summed E-state index contributed by atoms with van der Waals surface area (Å²) in [4.78, 5) is 0. The van der Waals surface area contributed by atoms with Crippen molar-refractivity contribution < 1.29 is 14.6 Å². The van der Waals surface area contributed by atoms with Crippen molar-refractivity contribution in [1.82, 2.24) is 4.57 Å². The third kappa shape index (κ3) is 6.90. The standard InChI is InChI=1S/C24H37NO3/c1-4-5-13-20(26)14-11-9-7-6-8-10-12-16-25-17-15-22-23(25)18-21(27-2)19-24(22)28-3/h4,15,17-20,26H,1,5-14,16H2,2-3H3. The first kappa shape index (κ1) is 22.4. The van der Waals surface area contributed by atoms with Crippen LogP contribution >= 0.6 is 0 Å². The lowest BCUT2D eigenvalue weighted by molar-refractivity contribution is 0.152. The van der Waals surface area contributed by atoms with Gasteiger partial charge < -0.3 is 19.1 Å². The number of aliphatic hydroxyl groups is 1. The number of rotatable bonds is 15. The lowest BCUT2D eigenvalue weighted by Gasteiger charge is -2.10. The fourth-order valence-corrected chi connectivity index (χ4v) is 3.72. The molecule has 0 aliphatic heterocycles. The van der Waals surface area contributed by atoms with Gasteiger partial charge in [0, 0.05) is 30.3 Å². The lowest BCUT2D eigenvalue weighted by Crippen LogP contribution is -2.05. The Morgan fingerprint density at radius 2 is 1.71 bits per heavy atom. The van der Waals surface area contributed by atoms with Crippen molar-refractivity contribution in [2.45, 2.75) is 76.9 Å². The summed E-state index contributed by atoms with van der Waals surface area (Å²) in [5.74, 6) is 1.70. The largest absolute Gasteiger partial charge is 0.497 e. The Kier molecular flexibility index (Phi) is 9.98. The second-order valence-corrected chi connectivity index (χ2v) is 7.55. The van der Waals surface area contributed by atoms with Crippen LogP contribution in [0.15, 0.2) is 37.1 Å². The Balaban J connectivity index is 1.63. The molecule has 0 saturated heterocycles. The summed E-state index contributed by atoms with van der Waals surface area (Å²) in [7, 11) is 3.39. The van der Waals surface area contributed by atoms with Crippen LogP contribution in [0.4, 0.5) is 0 Å². The van der Waals surface area contributed by atoms with Crippen molar-refractivity contribution in [3.8, 4) is 11.5 Å². The fourth-order valence-electron chi connectivity index (χ4n) is 3.72. The Morgan fingerprint density at radius 1 is 1.00 bits per heavy atom. The molecule has 4 nitrogen and oxygen atoms in total. The van der Waals surface area contributed by atoms with Crippen LogP contribution in [0.2, 0.25) is 0 Å². The van der Waals surface area contributed by atoms with Crippen molar-refractivity contribution >= 4 is 10.9 Å². The summed E-state index contributed by atoms with van der Waals surface area (Å²) in [5.41, 5.74) is 1.17. The molecule has 2 aromatic rings.